The van der Waals surface area contributed by atoms with Crippen molar-refractivity contribution >= 4 is 10.0 Å². The Morgan fingerprint density at radius 1 is 1.26 bits per heavy atom. The van der Waals surface area contributed by atoms with Crippen molar-refractivity contribution in [2.45, 2.75) is 30.6 Å². The molecule has 0 saturated carbocycles. The molecule has 1 fully saturated rings. The van der Waals surface area contributed by atoms with E-state index in [4.69, 9.17) is 4.52 Å². The third kappa shape index (κ3) is 2.74. The third-order valence-electron chi connectivity index (χ3n) is 3.69. The van der Waals surface area contributed by atoms with E-state index in [1.807, 2.05) is 13.8 Å². The molecule has 0 atom stereocenters. The van der Waals surface area contributed by atoms with E-state index in [9.17, 15) is 17.2 Å². The van der Waals surface area contributed by atoms with Crippen LogP contribution in [0.3, 0.4) is 0 Å². The monoisotopic (exact) mass is 343 g/mol. The molecular weight excluding hydrogens is 328 g/mol. The number of nitrogens with zero attached hydrogens (tertiary/aromatic N) is 3. The van der Waals surface area contributed by atoms with Crippen molar-refractivity contribution in [1.82, 2.24) is 14.4 Å². The van der Waals surface area contributed by atoms with E-state index in [0.717, 1.165) is 22.5 Å². The first-order chi connectivity index (χ1) is 10.8. The van der Waals surface area contributed by atoms with Crippen molar-refractivity contribution in [3.8, 4) is 0 Å². The van der Waals surface area contributed by atoms with Crippen molar-refractivity contribution in [3.05, 3.63) is 41.5 Å². The lowest BCUT2D eigenvalue weighted by atomic mass is 10.0. The Morgan fingerprint density at radius 2 is 1.87 bits per heavy atom. The summed E-state index contributed by atoms with van der Waals surface area (Å²) in [6.07, 6.45) is 0. The van der Waals surface area contributed by atoms with Crippen molar-refractivity contribution in [2.75, 3.05) is 13.1 Å². The molecule has 6 nitrogen and oxygen atoms in total. The molecule has 1 saturated heterocycles. The summed E-state index contributed by atoms with van der Waals surface area (Å²) in [6.45, 7) is 3.92. The van der Waals surface area contributed by atoms with Gasteiger partial charge in [-0.2, -0.15) is 9.29 Å². The van der Waals surface area contributed by atoms with Crippen LogP contribution in [0.4, 0.5) is 8.78 Å². The molecule has 0 aliphatic carbocycles. The zero-order valence-electron chi connectivity index (χ0n) is 12.5. The molecule has 0 spiro atoms. The molecule has 0 bridgehead atoms. The van der Waals surface area contributed by atoms with Gasteiger partial charge in [-0.15, -0.1) is 0 Å². The van der Waals surface area contributed by atoms with Gasteiger partial charge in [-0.05, 0) is 12.1 Å². The first-order valence-corrected chi connectivity index (χ1v) is 8.52. The second-order valence-corrected chi connectivity index (χ2v) is 7.59. The SMILES string of the molecule is CC(C)c1noc(C2CN(S(=O)(=O)c3c(F)cccc3F)C2)n1. The fourth-order valence-electron chi connectivity index (χ4n) is 2.30. The van der Waals surface area contributed by atoms with Gasteiger partial charge in [-0.3, -0.25) is 0 Å². The van der Waals surface area contributed by atoms with E-state index >= 15 is 0 Å². The van der Waals surface area contributed by atoms with Crippen LogP contribution in [0.1, 0.15) is 37.4 Å². The molecule has 1 aromatic heterocycles. The number of sulfonamides is 1. The van der Waals surface area contributed by atoms with E-state index in [1.165, 1.54) is 0 Å². The average Bonchev–Trinajstić information content (AvgIpc) is 2.85. The summed E-state index contributed by atoms with van der Waals surface area (Å²) in [4.78, 5) is 3.28. The lowest BCUT2D eigenvalue weighted by Crippen LogP contribution is -2.48. The van der Waals surface area contributed by atoms with E-state index in [-0.39, 0.29) is 24.9 Å². The Balaban J connectivity index is 1.78. The second-order valence-electron chi connectivity index (χ2n) is 5.72. The minimum Gasteiger partial charge on any atom is -0.339 e. The summed E-state index contributed by atoms with van der Waals surface area (Å²) in [6, 6.07) is 2.95. The lowest BCUT2D eigenvalue weighted by molar-refractivity contribution is 0.215. The third-order valence-corrected chi connectivity index (χ3v) is 5.57. The predicted octanol–water partition coefficient (Wildman–Crippen LogP) is 2.26. The summed E-state index contributed by atoms with van der Waals surface area (Å²) in [5.74, 6) is -1.49. The Hall–Kier alpha value is -1.87. The molecule has 0 amide bonds. The standard InChI is InChI=1S/C14H15F2N3O3S/c1-8(2)13-17-14(22-18-13)9-6-19(7-9)23(20,21)12-10(15)4-3-5-11(12)16/h3-5,8-9H,6-7H2,1-2H3. The Morgan fingerprint density at radius 3 is 2.39 bits per heavy atom. The van der Waals surface area contributed by atoms with Crippen LogP contribution < -0.4 is 0 Å². The van der Waals surface area contributed by atoms with E-state index in [1.54, 1.807) is 0 Å². The minimum absolute atomic E-state index is 0.0514. The lowest BCUT2D eigenvalue weighted by Gasteiger charge is -2.35. The van der Waals surface area contributed by atoms with Crippen molar-refractivity contribution in [2.24, 2.45) is 0 Å². The molecular formula is C14H15F2N3O3S. The molecule has 2 aromatic rings. The second kappa shape index (κ2) is 5.64. The average molecular weight is 343 g/mol. The number of hydrogen-bond donors (Lipinski definition) is 0. The van der Waals surface area contributed by atoms with Crippen molar-refractivity contribution < 1.29 is 21.7 Å². The fourth-order valence-corrected chi connectivity index (χ4v) is 3.94. The summed E-state index contributed by atoms with van der Waals surface area (Å²) < 4.78 is 58.1. The van der Waals surface area contributed by atoms with Gasteiger partial charge < -0.3 is 4.52 Å². The van der Waals surface area contributed by atoms with E-state index in [0.29, 0.717) is 11.7 Å². The molecule has 9 heteroatoms. The van der Waals surface area contributed by atoms with E-state index in [2.05, 4.69) is 10.1 Å². The van der Waals surface area contributed by atoms with Crippen LogP contribution in [-0.2, 0) is 10.0 Å². The number of rotatable bonds is 4. The van der Waals surface area contributed by atoms with Gasteiger partial charge in [0.25, 0.3) is 0 Å². The van der Waals surface area contributed by atoms with Crippen LogP contribution in [0.2, 0.25) is 0 Å². The van der Waals surface area contributed by atoms with Crippen LogP contribution in [0, 0.1) is 11.6 Å². The van der Waals surface area contributed by atoms with Gasteiger partial charge in [-0.25, -0.2) is 17.2 Å². The van der Waals surface area contributed by atoms with Gasteiger partial charge in [-0.1, -0.05) is 25.1 Å². The molecule has 0 N–H and O–H groups in total. The van der Waals surface area contributed by atoms with Crippen molar-refractivity contribution in [3.63, 3.8) is 0 Å². The summed E-state index contributed by atoms with van der Waals surface area (Å²) in [7, 11) is -4.22. The van der Waals surface area contributed by atoms with E-state index < -0.39 is 26.6 Å². The Bertz CT molecular complexity index is 809. The number of hydrogen-bond acceptors (Lipinski definition) is 5. The quantitative estimate of drug-likeness (QED) is 0.851. The number of aromatic nitrogens is 2. The van der Waals surface area contributed by atoms with Crippen LogP contribution in [0.15, 0.2) is 27.6 Å². The zero-order chi connectivity index (χ0) is 16.8. The highest BCUT2D eigenvalue weighted by Gasteiger charge is 2.42. The topological polar surface area (TPSA) is 76.3 Å². The summed E-state index contributed by atoms with van der Waals surface area (Å²) >= 11 is 0. The maximum absolute atomic E-state index is 13.7. The highest BCUT2D eigenvalue weighted by molar-refractivity contribution is 7.89. The van der Waals surface area contributed by atoms with Gasteiger partial charge in [0, 0.05) is 19.0 Å². The van der Waals surface area contributed by atoms with Crippen LogP contribution >= 0.6 is 0 Å². The van der Waals surface area contributed by atoms with Crippen molar-refractivity contribution in [1.29, 1.82) is 0 Å². The maximum Gasteiger partial charge on any atom is 0.248 e. The Labute approximate surface area is 132 Å². The maximum atomic E-state index is 13.7. The van der Waals surface area contributed by atoms with Crippen LogP contribution in [0.25, 0.3) is 0 Å². The molecule has 1 aromatic carbocycles. The molecule has 0 unspecified atom stereocenters. The highest BCUT2D eigenvalue weighted by atomic mass is 32.2. The van der Waals surface area contributed by atoms with Gasteiger partial charge >= 0.3 is 0 Å². The first-order valence-electron chi connectivity index (χ1n) is 7.08. The summed E-state index contributed by atoms with van der Waals surface area (Å²) in [5, 5.41) is 3.82. The smallest absolute Gasteiger partial charge is 0.248 e. The van der Waals surface area contributed by atoms with Crippen LogP contribution in [0.5, 0.6) is 0 Å². The molecule has 124 valence electrons. The number of benzene rings is 1. The minimum atomic E-state index is -4.22. The van der Waals surface area contributed by atoms with Gasteiger partial charge in [0.05, 0.1) is 5.92 Å². The predicted molar refractivity (Wildman–Crippen MR) is 76.2 cm³/mol. The van der Waals surface area contributed by atoms with Crippen LogP contribution in [-0.4, -0.2) is 36.0 Å². The summed E-state index contributed by atoms with van der Waals surface area (Å²) in [5.41, 5.74) is 0. The highest BCUT2D eigenvalue weighted by Crippen LogP contribution is 2.33. The number of halogens is 2. The molecule has 23 heavy (non-hydrogen) atoms. The molecule has 1 aliphatic rings. The van der Waals surface area contributed by atoms with Gasteiger partial charge in [0.15, 0.2) is 10.7 Å². The van der Waals surface area contributed by atoms with Gasteiger partial charge in [0.2, 0.25) is 15.9 Å². The fraction of sp³-hybridized carbons (Fsp3) is 0.429. The van der Waals surface area contributed by atoms with Gasteiger partial charge in [0.1, 0.15) is 11.6 Å². The Kier molecular flexibility index (Phi) is 3.93. The molecule has 2 heterocycles. The largest absolute Gasteiger partial charge is 0.339 e. The molecule has 3 rings (SSSR count). The first kappa shape index (κ1) is 16.0. The normalized spacial score (nSPS) is 16.7. The zero-order valence-corrected chi connectivity index (χ0v) is 13.3. The molecule has 1 aliphatic heterocycles. The molecule has 0 radical (unpaired) electrons.